The highest BCUT2D eigenvalue weighted by Crippen LogP contribution is 2.26. The topological polar surface area (TPSA) is 38.3 Å². The smallest absolute Gasteiger partial charge is 0.224 e. The first-order valence-corrected chi connectivity index (χ1v) is 6.68. The lowest BCUT2D eigenvalue weighted by molar-refractivity contribution is -0.116. The lowest BCUT2D eigenvalue weighted by Crippen LogP contribution is -2.18. The molecule has 0 spiro atoms. The first-order valence-electron chi connectivity index (χ1n) is 5.56. The van der Waals surface area contributed by atoms with Crippen LogP contribution >= 0.6 is 15.9 Å². The minimum Gasteiger partial charge on any atom is -0.489 e. The molecule has 0 aliphatic carbocycles. The standard InChI is InChI=1S/C13H14BrNO2/c14-7-1-2-8-17-11-5-3-10-4-6-13(16)15-12(10)9-11/h1-3,5,9H,4,6-8H2,(H,15,16)/b2-1+. The van der Waals surface area contributed by atoms with Gasteiger partial charge in [0.1, 0.15) is 12.4 Å². The molecule has 90 valence electrons. The molecule has 1 aromatic rings. The molecule has 1 amide bonds. The molecule has 1 aromatic carbocycles. The van der Waals surface area contributed by atoms with Crippen molar-refractivity contribution in [3.8, 4) is 5.75 Å². The van der Waals surface area contributed by atoms with Crippen molar-refractivity contribution in [2.45, 2.75) is 12.8 Å². The summed E-state index contributed by atoms with van der Waals surface area (Å²) in [4.78, 5) is 11.3. The second kappa shape index (κ2) is 5.87. The number of alkyl halides is 1. The van der Waals surface area contributed by atoms with Crippen LogP contribution in [0.15, 0.2) is 30.4 Å². The van der Waals surface area contributed by atoms with E-state index in [4.69, 9.17) is 4.74 Å². The highest BCUT2D eigenvalue weighted by molar-refractivity contribution is 9.09. The predicted octanol–water partition coefficient (Wildman–Crippen LogP) is 2.90. The number of ether oxygens (including phenoxy) is 1. The van der Waals surface area contributed by atoms with E-state index < -0.39 is 0 Å². The second-order valence-corrected chi connectivity index (χ2v) is 4.45. The number of hydrogen-bond donors (Lipinski definition) is 1. The van der Waals surface area contributed by atoms with Crippen LogP contribution in [0.3, 0.4) is 0 Å². The van der Waals surface area contributed by atoms with Crippen molar-refractivity contribution in [3.63, 3.8) is 0 Å². The Balaban J connectivity index is 2.02. The van der Waals surface area contributed by atoms with Crippen LogP contribution in [0.25, 0.3) is 0 Å². The van der Waals surface area contributed by atoms with Gasteiger partial charge in [0.05, 0.1) is 0 Å². The Labute approximate surface area is 109 Å². The van der Waals surface area contributed by atoms with Gasteiger partial charge in [-0.25, -0.2) is 0 Å². The van der Waals surface area contributed by atoms with Crippen molar-refractivity contribution in [1.82, 2.24) is 0 Å². The number of hydrogen-bond acceptors (Lipinski definition) is 2. The molecule has 3 nitrogen and oxygen atoms in total. The van der Waals surface area contributed by atoms with Crippen LogP contribution in [0.1, 0.15) is 12.0 Å². The van der Waals surface area contributed by atoms with Gasteiger partial charge in [0.2, 0.25) is 5.91 Å². The normalized spacial score (nSPS) is 14.5. The van der Waals surface area contributed by atoms with E-state index in [1.807, 2.05) is 30.4 Å². The van der Waals surface area contributed by atoms with E-state index in [1.54, 1.807) is 0 Å². The number of aryl methyl sites for hydroxylation is 1. The van der Waals surface area contributed by atoms with E-state index in [2.05, 4.69) is 21.2 Å². The van der Waals surface area contributed by atoms with E-state index in [9.17, 15) is 4.79 Å². The van der Waals surface area contributed by atoms with Crippen molar-refractivity contribution in [2.75, 3.05) is 17.3 Å². The molecule has 0 unspecified atom stereocenters. The molecule has 0 aromatic heterocycles. The van der Waals surface area contributed by atoms with Crippen LogP contribution in [0.5, 0.6) is 5.75 Å². The molecule has 2 rings (SSSR count). The summed E-state index contributed by atoms with van der Waals surface area (Å²) in [5, 5.41) is 3.69. The van der Waals surface area contributed by atoms with Gasteiger partial charge in [-0.3, -0.25) is 4.79 Å². The lowest BCUT2D eigenvalue weighted by Gasteiger charge is -2.17. The predicted molar refractivity (Wildman–Crippen MR) is 71.8 cm³/mol. The zero-order valence-electron chi connectivity index (χ0n) is 9.41. The Morgan fingerprint density at radius 3 is 3.06 bits per heavy atom. The maximum absolute atomic E-state index is 11.3. The Kier molecular flexibility index (Phi) is 4.20. The van der Waals surface area contributed by atoms with Gasteiger partial charge < -0.3 is 10.1 Å². The first-order chi connectivity index (χ1) is 8.29. The minimum atomic E-state index is 0.0776. The van der Waals surface area contributed by atoms with Gasteiger partial charge in [0, 0.05) is 23.5 Å². The third-order valence-electron chi connectivity index (χ3n) is 2.58. The fraction of sp³-hybridized carbons (Fsp3) is 0.308. The number of halogens is 1. The molecule has 4 heteroatoms. The number of allylic oxidation sites excluding steroid dienone is 1. The third-order valence-corrected chi connectivity index (χ3v) is 2.95. The van der Waals surface area contributed by atoms with Gasteiger partial charge in [0.15, 0.2) is 0 Å². The Bertz CT molecular complexity index is 443. The molecule has 0 atom stereocenters. The van der Waals surface area contributed by atoms with E-state index in [-0.39, 0.29) is 5.91 Å². The van der Waals surface area contributed by atoms with E-state index in [0.717, 1.165) is 23.2 Å². The maximum atomic E-state index is 11.3. The van der Waals surface area contributed by atoms with Gasteiger partial charge in [0.25, 0.3) is 0 Å². The van der Waals surface area contributed by atoms with E-state index in [0.29, 0.717) is 13.0 Å². The van der Waals surface area contributed by atoms with Crippen molar-refractivity contribution < 1.29 is 9.53 Å². The van der Waals surface area contributed by atoms with Gasteiger partial charge in [-0.2, -0.15) is 0 Å². The average Bonchev–Trinajstić information content (AvgIpc) is 2.34. The number of fused-ring (bicyclic) bond motifs is 1. The number of carbonyl (C=O) groups is 1. The van der Waals surface area contributed by atoms with Crippen molar-refractivity contribution >= 4 is 27.5 Å². The Morgan fingerprint density at radius 2 is 2.24 bits per heavy atom. The first kappa shape index (κ1) is 12.2. The summed E-state index contributed by atoms with van der Waals surface area (Å²) in [5.41, 5.74) is 2.05. The molecule has 0 bridgehead atoms. The molecule has 1 heterocycles. The van der Waals surface area contributed by atoms with Crippen molar-refractivity contribution in [3.05, 3.63) is 35.9 Å². The van der Waals surface area contributed by atoms with Crippen LogP contribution in [-0.2, 0) is 11.2 Å². The summed E-state index contributed by atoms with van der Waals surface area (Å²) in [7, 11) is 0. The summed E-state index contributed by atoms with van der Waals surface area (Å²) < 4.78 is 5.55. The summed E-state index contributed by atoms with van der Waals surface area (Å²) in [6.07, 6.45) is 5.32. The summed E-state index contributed by atoms with van der Waals surface area (Å²) in [6.45, 7) is 0.540. The zero-order valence-corrected chi connectivity index (χ0v) is 11.0. The fourth-order valence-corrected chi connectivity index (χ4v) is 1.98. The van der Waals surface area contributed by atoms with Crippen LogP contribution in [0.4, 0.5) is 5.69 Å². The highest BCUT2D eigenvalue weighted by atomic mass is 79.9. The molecule has 1 aliphatic rings. The SMILES string of the molecule is O=C1CCc2ccc(OC/C=C/CBr)cc2N1. The van der Waals surface area contributed by atoms with Crippen LogP contribution in [0, 0.1) is 0 Å². The van der Waals surface area contributed by atoms with Crippen LogP contribution < -0.4 is 10.1 Å². The Hall–Kier alpha value is -1.29. The number of anilines is 1. The number of carbonyl (C=O) groups excluding carboxylic acids is 1. The fourth-order valence-electron chi connectivity index (χ4n) is 1.72. The van der Waals surface area contributed by atoms with E-state index >= 15 is 0 Å². The molecule has 0 radical (unpaired) electrons. The van der Waals surface area contributed by atoms with Crippen LogP contribution in [-0.4, -0.2) is 17.8 Å². The molecule has 0 saturated heterocycles. The molecule has 1 N–H and O–H groups in total. The lowest BCUT2D eigenvalue weighted by atomic mass is 10.0. The zero-order chi connectivity index (χ0) is 12.1. The van der Waals surface area contributed by atoms with Gasteiger partial charge >= 0.3 is 0 Å². The van der Waals surface area contributed by atoms with Gasteiger partial charge in [-0.1, -0.05) is 34.1 Å². The van der Waals surface area contributed by atoms with Crippen LogP contribution in [0.2, 0.25) is 0 Å². The molecule has 17 heavy (non-hydrogen) atoms. The number of benzene rings is 1. The largest absolute Gasteiger partial charge is 0.489 e. The van der Waals surface area contributed by atoms with Gasteiger partial charge in [-0.05, 0) is 18.1 Å². The number of rotatable bonds is 4. The average molecular weight is 296 g/mol. The highest BCUT2D eigenvalue weighted by Gasteiger charge is 2.14. The van der Waals surface area contributed by atoms with E-state index in [1.165, 1.54) is 5.56 Å². The second-order valence-electron chi connectivity index (χ2n) is 3.80. The maximum Gasteiger partial charge on any atom is 0.224 e. The molecule has 1 aliphatic heterocycles. The molecular weight excluding hydrogens is 282 g/mol. The summed E-state index contributed by atoms with van der Waals surface area (Å²) in [5.74, 6) is 0.860. The molecular formula is C13H14BrNO2. The quantitative estimate of drug-likeness (QED) is 0.685. The minimum absolute atomic E-state index is 0.0776. The van der Waals surface area contributed by atoms with Crippen molar-refractivity contribution in [1.29, 1.82) is 0 Å². The number of nitrogens with one attached hydrogen (secondary N) is 1. The van der Waals surface area contributed by atoms with Crippen molar-refractivity contribution in [2.24, 2.45) is 0 Å². The molecule has 0 fully saturated rings. The van der Waals surface area contributed by atoms with Gasteiger partial charge in [-0.15, -0.1) is 0 Å². The number of amides is 1. The summed E-state index contributed by atoms with van der Waals surface area (Å²) in [6, 6.07) is 5.84. The molecule has 0 saturated carbocycles. The Morgan fingerprint density at radius 1 is 1.35 bits per heavy atom. The monoisotopic (exact) mass is 295 g/mol. The summed E-state index contributed by atoms with van der Waals surface area (Å²) >= 11 is 3.30. The third kappa shape index (κ3) is 3.33.